The van der Waals surface area contributed by atoms with Gasteiger partial charge in [0, 0.05) is 50.7 Å². The number of aromatic nitrogens is 1. The fourth-order valence-corrected chi connectivity index (χ4v) is 5.16. The lowest BCUT2D eigenvalue weighted by atomic mass is 9.75. The van der Waals surface area contributed by atoms with E-state index >= 15 is 0 Å². The molecule has 33 heavy (non-hydrogen) atoms. The summed E-state index contributed by atoms with van der Waals surface area (Å²) in [6.07, 6.45) is 13.9. The van der Waals surface area contributed by atoms with E-state index in [1.807, 2.05) is 23.1 Å². The third kappa shape index (κ3) is 5.59. The molecule has 10 heteroatoms. The Hall–Kier alpha value is -2.78. The molecule has 0 bridgehead atoms. The summed E-state index contributed by atoms with van der Waals surface area (Å²) in [5.74, 6) is 2.67. The van der Waals surface area contributed by atoms with Gasteiger partial charge in [-0.2, -0.15) is 0 Å². The summed E-state index contributed by atoms with van der Waals surface area (Å²) < 4.78 is 11.9. The Morgan fingerprint density at radius 3 is 2.76 bits per heavy atom. The summed E-state index contributed by atoms with van der Waals surface area (Å²) in [5, 5.41) is 6.11. The zero-order valence-electron chi connectivity index (χ0n) is 18.6. The normalized spacial score (nSPS) is 24.2. The number of hydrogen-bond donors (Lipinski definition) is 2. The lowest BCUT2D eigenvalue weighted by Gasteiger charge is -2.33. The fourth-order valence-electron chi connectivity index (χ4n) is 4.35. The van der Waals surface area contributed by atoms with Crippen LogP contribution in [0.25, 0.3) is 0 Å². The maximum atomic E-state index is 12.5. The molecule has 1 aliphatic heterocycles. The first-order valence-electron chi connectivity index (χ1n) is 10.8. The molecule has 8 nitrogen and oxygen atoms in total. The number of urea groups is 1. The second kappa shape index (κ2) is 10.0. The maximum Gasteiger partial charge on any atom is 0.321 e. The van der Waals surface area contributed by atoms with Crippen LogP contribution in [0.1, 0.15) is 26.2 Å². The van der Waals surface area contributed by atoms with Crippen LogP contribution in [-0.2, 0) is 14.3 Å². The molecular formula is C23H27ClN4O4S. The minimum Gasteiger partial charge on any atom is -0.501 e. The molecule has 0 spiro atoms. The van der Waals surface area contributed by atoms with Crippen molar-refractivity contribution in [3.63, 3.8) is 0 Å². The lowest BCUT2D eigenvalue weighted by Crippen LogP contribution is -2.45. The molecule has 1 fully saturated rings. The Kier molecular flexibility index (Phi) is 7.09. The molecule has 1 saturated heterocycles. The van der Waals surface area contributed by atoms with Crippen LogP contribution in [-0.4, -0.2) is 48.6 Å². The van der Waals surface area contributed by atoms with Crippen molar-refractivity contribution < 1.29 is 19.1 Å². The Morgan fingerprint density at radius 2 is 2.12 bits per heavy atom. The highest BCUT2D eigenvalue weighted by molar-refractivity contribution is 7.19. The van der Waals surface area contributed by atoms with Crippen LogP contribution < -0.4 is 10.6 Å². The first-order valence-corrected chi connectivity index (χ1v) is 12.0. The van der Waals surface area contributed by atoms with Crippen LogP contribution in [0.4, 0.5) is 9.93 Å². The topological polar surface area (TPSA) is 92.8 Å². The highest BCUT2D eigenvalue weighted by Gasteiger charge is 2.45. The molecule has 4 rings (SSSR count). The van der Waals surface area contributed by atoms with Crippen LogP contribution >= 0.6 is 22.9 Å². The lowest BCUT2D eigenvalue weighted by molar-refractivity contribution is -0.128. The zero-order valence-corrected chi connectivity index (χ0v) is 20.2. The Labute approximate surface area is 202 Å². The molecule has 2 unspecified atom stereocenters. The number of likely N-dealkylation sites (tertiary alicyclic amines) is 1. The zero-order chi connectivity index (χ0) is 23.4. The van der Waals surface area contributed by atoms with Gasteiger partial charge in [-0.15, -0.1) is 0 Å². The first-order chi connectivity index (χ1) is 15.9. The smallest absolute Gasteiger partial charge is 0.321 e. The standard InChI is InChI=1S/C23H27ClN4O4S/c1-15(29)28-10-9-23(14-28,13-26-21(30)27-22-25-12-20(24)33-22)16-3-4-19(11-16)32-18-7-5-17(31-2)6-8-18/h3-5,7,11-12,16H,6,8-10,13-14H2,1-2H3,(H2,25,26,27,30). The maximum absolute atomic E-state index is 12.5. The van der Waals surface area contributed by atoms with Crippen molar-refractivity contribution in [1.29, 1.82) is 0 Å². The quantitative estimate of drug-likeness (QED) is 0.589. The molecule has 3 amide bonds. The number of halogens is 1. The number of hydrogen-bond acceptors (Lipinski definition) is 6. The predicted molar refractivity (Wildman–Crippen MR) is 128 cm³/mol. The van der Waals surface area contributed by atoms with Gasteiger partial charge in [-0.25, -0.2) is 9.78 Å². The van der Waals surface area contributed by atoms with Gasteiger partial charge < -0.3 is 19.7 Å². The molecule has 3 aliphatic rings. The van der Waals surface area contributed by atoms with E-state index in [1.54, 1.807) is 14.0 Å². The van der Waals surface area contributed by atoms with Gasteiger partial charge in [-0.05, 0) is 30.7 Å². The van der Waals surface area contributed by atoms with Gasteiger partial charge in [0.25, 0.3) is 0 Å². The second-order valence-corrected chi connectivity index (χ2v) is 10.0. The van der Waals surface area contributed by atoms with Gasteiger partial charge in [-0.3, -0.25) is 10.1 Å². The van der Waals surface area contributed by atoms with Crippen molar-refractivity contribution in [1.82, 2.24) is 15.2 Å². The molecule has 0 saturated carbocycles. The molecule has 1 aromatic heterocycles. The number of nitrogens with one attached hydrogen (secondary N) is 2. The molecule has 2 aliphatic carbocycles. The van der Waals surface area contributed by atoms with Crippen LogP contribution in [0.3, 0.4) is 0 Å². The SMILES string of the molecule is COC1=CC=C(OC2=CC(C3(CNC(=O)Nc4ncc(Cl)s4)CCN(C(C)=O)C3)C=C2)CC1. The van der Waals surface area contributed by atoms with E-state index in [1.165, 1.54) is 17.5 Å². The van der Waals surface area contributed by atoms with E-state index < -0.39 is 0 Å². The summed E-state index contributed by atoms with van der Waals surface area (Å²) in [7, 11) is 1.67. The van der Waals surface area contributed by atoms with Crippen molar-refractivity contribution in [2.45, 2.75) is 26.2 Å². The van der Waals surface area contributed by atoms with E-state index in [0.29, 0.717) is 29.1 Å². The summed E-state index contributed by atoms with van der Waals surface area (Å²) in [4.78, 5) is 30.4. The van der Waals surface area contributed by atoms with Crippen molar-refractivity contribution in [2.24, 2.45) is 11.3 Å². The van der Waals surface area contributed by atoms with Gasteiger partial charge in [0.15, 0.2) is 5.13 Å². The molecule has 0 aromatic carbocycles. The number of nitrogens with zero attached hydrogens (tertiary/aromatic N) is 2. The van der Waals surface area contributed by atoms with Gasteiger partial charge in [0.2, 0.25) is 5.91 Å². The van der Waals surface area contributed by atoms with Gasteiger partial charge >= 0.3 is 6.03 Å². The van der Waals surface area contributed by atoms with Crippen molar-refractivity contribution in [3.8, 4) is 0 Å². The third-order valence-electron chi connectivity index (χ3n) is 6.23. The number of methoxy groups -OCH3 is 1. The average molecular weight is 491 g/mol. The van der Waals surface area contributed by atoms with E-state index in [-0.39, 0.29) is 23.3 Å². The van der Waals surface area contributed by atoms with Crippen molar-refractivity contribution >= 4 is 40.0 Å². The predicted octanol–water partition coefficient (Wildman–Crippen LogP) is 4.45. The summed E-state index contributed by atoms with van der Waals surface area (Å²) in [5.41, 5.74) is -0.324. The number of carbonyl (C=O) groups excluding carboxylic acids is 2. The molecular weight excluding hydrogens is 464 g/mol. The molecule has 2 atom stereocenters. The highest BCUT2D eigenvalue weighted by atomic mass is 35.5. The number of amides is 3. The number of allylic oxidation sites excluding steroid dienone is 7. The summed E-state index contributed by atoms with van der Waals surface area (Å²) >= 11 is 7.08. The van der Waals surface area contributed by atoms with Crippen LogP contribution in [0.15, 0.2) is 53.9 Å². The second-order valence-electron chi connectivity index (χ2n) is 8.36. The van der Waals surface area contributed by atoms with E-state index in [4.69, 9.17) is 21.1 Å². The van der Waals surface area contributed by atoms with Crippen LogP contribution in [0.2, 0.25) is 4.34 Å². The number of carbonyl (C=O) groups is 2. The monoisotopic (exact) mass is 490 g/mol. The largest absolute Gasteiger partial charge is 0.501 e. The van der Waals surface area contributed by atoms with Crippen molar-refractivity contribution in [3.05, 3.63) is 58.2 Å². The van der Waals surface area contributed by atoms with E-state index in [0.717, 1.165) is 36.5 Å². The minimum atomic E-state index is -0.350. The average Bonchev–Trinajstić information content (AvgIpc) is 3.54. The highest BCUT2D eigenvalue weighted by Crippen LogP contribution is 2.42. The third-order valence-corrected chi connectivity index (χ3v) is 7.26. The number of thiazole rings is 1. The first kappa shape index (κ1) is 23.4. The molecule has 176 valence electrons. The fraction of sp³-hybridized carbons (Fsp3) is 0.435. The Morgan fingerprint density at radius 1 is 1.33 bits per heavy atom. The van der Waals surface area contributed by atoms with Gasteiger partial charge in [-0.1, -0.05) is 29.0 Å². The Bertz CT molecular complexity index is 1050. The van der Waals surface area contributed by atoms with Gasteiger partial charge in [0.1, 0.15) is 15.9 Å². The summed E-state index contributed by atoms with van der Waals surface area (Å²) in [6.45, 7) is 3.20. The molecule has 1 aromatic rings. The minimum absolute atomic E-state index is 0.0284. The molecule has 2 heterocycles. The number of ether oxygens (including phenoxy) is 2. The summed E-state index contributed by atoms with van der Waals surface area (Å²) in [6, 6.07) is -0.350. The molecule has 2 N–H and O–H groups in total. The van der Waals surface area contributed by atoms with Crippen LogP contribution in [0.5, 0.6) is 0 Å². The number of rotatable bonds is 7. The van der Waals surface area contributed by atoms with E-state index in [9.17, 15) is 9.59 Å². The number of anilines is 1. The Balaban J connectivity index is 1.44. The van der Waals surface area contributed by atoms with Gasteiger partial charge in [0.05, 0.1) is 19.1 Å². The van der Waals surface area contributed by atoms with Crippen molar-refractivity contribution in [2.75, 3.05) is 32.1 Å². The molecule has 0 radical (unpaired) electrons. The van der Waals surface area contributed by atoms with Crippen LogP contribution in [0, 0.1) is 11.3 Å². The van der Waals surface area contributed by atoms with E-state index in [2.05, 4.69) is 27.8 Å².